The summed E-state index contributed by atoms with van der Waals surface area (Å²) in [5, 5.41) is 0. The maximum atomic E-state index is 12.2. The van der Waals surface area contributed by atoms with Gasteiger partial charge < -0.3 is 19.9 Å². The molecule has 1 aromatic rings. The minimum absolute atomic E-state index is 0.241. The molecular weight excluding hydrogens is 258 g/mol. The fourth-order valence-corrected chi connectivity index (χ4v) is 1.68. The van der Waals surface area contributed by atoms with E-state index in [9.17, 15) is 4.79 Å². The Morgan fingerprint density at radius 2 is 1.75 bits per heavy atom. The first-order chi connectivity index (χ1) is 9.28. The molecule has 0 aliphatic rings. The largest absolute Gasteiger partial charge is 0.494 e. The number of anilines is 1. The first-order valence-corrected chi connectivity index (χ1v) is 6.71. The summed E-state index contributed by atoms with van der Waals surface area (Å²) in [6.07, 6.45) is 0. The van der Waals surface area contributed by atoms with Crippen molar-refractivity contribution in [2.24, 2.45) is 0 Å². The van der Waals surface area contributed by atoms with Crippen LogP contribution in [0.25, 0.3) is 0 Å². The van der Waals surface area contributed by atoms with Gasteiger partial charge in [-0.15, -0.1) is 0 Å². The van der Waals surface area contributed by atoms with E-state index in [-0.39, 0.29) is 11.3 Å². The fourth-order valence-electron chi connectivity index (χ4n) is 1.68. The van der Waals surface area contributed by atoms with E-state index in [1.54, 1.807) is 32.9 Å². The monoisotopic (exact) mass is 281 g/mol. The second-order valence-corrected chi connectivity index (χ2v) is 5.25. The lowest BCUT2D eigenvalue weighted by molar-refractivity contribution is 0.00673. The zero-order chi connectivity index (χ0) is 15.3. The number of ether oxygens (including phenoxy) is 3. The molecule has 0 radical (unpaired) electrons. The average Bonchev–Trinajstić information content (AvgIpc) is 2.26. The predicted octanol–water partition coefficient (Wildman–Crippen LogP) is 3.02. The molecule has 0 unspecified atom stereocenters. The van der Waals surface area contributed by atoms with E-state index >= 15 is 0 Å². The molecule has 1 aromatic carbocycles. The van der Waals surface area contributed by atoms with Crippen LogP contribution in [0, 0.1) is 0 Å². The number of carbonyl (C=O) groups is 1. The van der Waals surface area contributed by atoms with Crippen LogP contribution in [-0.2, 0) is 4.74 Å². The number of rotatable bonds is 5. The summed E-state index contributed by atoms with van der Waals surface area (Å²) in [4.78, 5) is 12.2. The van der Waals surface area contributed by atoms with E-state index in [1.165, 1.54) is 0 Å². The second-order valence-electron chi connectivity index (χ2n) is 5.25. The van der Waals surface area contributed by atoms with Crippen molar-refractivity contribution in [3.05, 3.63) is 17.7 Å². The summed E-state index contributed by atoms with van der Waals surface area (Å²) in [7, 11) is 0. The van der Waals surface area contributed by atoms with Crippen LogP contribution in [0.3, 0.4) is 0 Å². The molecule has 112 valence electrons. The molecule has 0 aliphatic heterocycles. The fraction of sp³-hybridized carbons (Fsp3) is 0.533. The van der Waals surface area contributed by atoms with Gasteiger partial charge in [-0.1, -0.05) is 0 Å². The van der Waals surface area contributed by atoms with Crippen molar-refractivity contribution in [2.45, 2.75) is 40.2 Å². The number of nitrogen functional groups attached to an aromatic ring is 1. The summed E-state index contributed by atoms with van der Waals surface area (Å²) in [6, 6.07) is 3.26. The molecule has 2 N–H and O–H groups in total. The Balaban J connectivity index is 3.19. The first-order valence-electron chi connectivity index (χ1n) is 6.71. The Morgan fingerprint density at radius 1 is 1.15 bits per heavy atom. The molecule has 0 aliphatic carbocycles. The van der Waals surface area contributed by atoms with Crippen LogP contribution in [0.15, 0.2) is 12.1 Å². The minimum Gasteiger partial charge on any atom is -0.494 e. The molecule has 5 nitrogen and oxygen atoms in total. The van der Waals surface area contributed by atoms with Crippen molar-refractivity contribution in [1.82, 2.24) is 0 Å². The van der Waals surface area contributed by atoms with Gasteiger partial charge in [0.25, 0.3) is 0 Å². The van der Waals surface area contributed by atoms with E-state index in [0.717, 1.165) is 0 Å². The summed E-state index contributed by atoms with van der Waals surface area (Å²) in [5.41, 5.74) is 5.88. The van der Waals surface area contributed by atoms with Crippen LogP contribution < -0.4 is 15.2 Å². The van der Waals surface area contributed by atoms with Crippen molar-refractivity contribution in [1.29, 1.82) is 0 Å². The molecule has 0 saturated carbocycles. The second kappa shape index (κ2) is 6.50. The van der Waals surface area contributed by atoms with Crippen LogP contribution in [0.1, 0.15) is 45.0 Å². The van der Waals surface area contributed by atoms with Crippen LogP contribution >= 0.6 is 0 Å². The van der Waals surface area contributed by atoms with Gasteiger partial charge in [0.05, 0.1) is 18.9 Å². The van der Waals surface area contributed by atoms with Gasteiger partial charge >= 0.3 is 5.97 Å². The number of esters is 1. The number of hydrogen-bond donors (Lipinski definition) is 1. The van der Waals surface area contributed by atoms with Gasteiger partial charge in [-0.3, -0.25) is 0 Å². The quantitative estimate of drug-likeness (QED) is 0.663. The molecule has 0 bridgehead atoms. The highest BCUT2D eigenvalue weighted by Crippen LogP contribution is 2.32. The SMILES string of the molecule is CCOc1cc(N)c(C(=O)OC(C)(C)C)c(OCC)c1. The third-order valence-corrected chi connectivity index (χ3v) is 2.32. The van der Waals surface area contributed by atoms with Gasteiger partial charge in [0.15, 0.2) is 0 Å². The van der Waals surface area contributed by atoms with Gasteiger partial charge in [0.2, 0.25) is 0 Å². The van der Waals surface area contributed by atoms with Crippen molar-refractivity contribution >= 4 is 11.7 Å². The van der Waals surface area contributed by atoms with Crippen LogP contribution in [0.4, 0.5) is 5.69 Å². The molecule has 0 amide bonds. The van der Waals surface area contributed by atoms with E-state index in [4.69, 9.17) is 19.9 Å². The molecule has 0 spiro atoms. The van der Waals surface area contributed by atoms with Crippen LogP contribution in [-0.4, -0.2) is 24.8 Å². The highest BCUT2D eigenvalue weighted by atomic mass is 16.6. The molecule has 0 heterocycles. The highest BCUT2D eigenvalue weighted by Gasteiger charge is 2.24. The van der Waals surface area contributed by atoms with Gasteiger partial charge in [0.1, 0.15) is 22.7 Å². The lowest BCUT2D eigenvalue weighted by Crippen LogP contribution is -2.25. The zero-order valence-electron chi connectivity index (χ0n) is 12.8. The number of carbonyl (C=O) groups excluding carboxylic acids is 1. The molecule has 0 atom stereocenters. The smallest absolute Gasteiger partial charge is 0.344 e. The van der Waals surface area contributed by atoms with Crippen molar-refractivity contribution in [2.75, 3.05) is 18.9 Å². The third-order valence-electron chi connectivity index (χ3n) is 2.32. The molecule has 20 heavy (non-hydrogen) atoms. The Morgan fingerprint density at radius 3 is 2.25 bits per heavy atom. The first kappa shape index (κ1) is 16.1. The normalized spacial score (nSPS) is 11.1. The molecule has 0 saturated heterocycles. The Bertz CT molecular complexity index is 477. The number of hydrogen-bond acceptors (Lipinski definition) is 5. The topological polar surface area (TPSA) is 70.8 Å². The lowest BCUT2D eigenvalue weighted by Gasteiger charge is -2.21. The zero-order valence-corrected chi connectivity index (χ0v) is 12.8. The molecular formula is C15H23NO4. The summed E-state index contributed by atoms with van der Waals surface area (Å²) < 4.78 is 16.2. The third kappa shape index (κ3) is 4.33. The molecule has 1 rings (SSSR count). The highest BCUT2D eigenvalue weighted by molar-refractivity contribution is 5.98. The maximum absolute atomic E-state index is 12.2. The van der Waals surface area contributed by atoms with Crippen molar-refractivity contribution in [3.8, 4) is 11.5 Å². The van der Waals surface area contributed by atoms with E-state index in [1.807, 2.05) is 13.8 Å². The van der Waals surface area contributed by atoms with Crippen molar-refractivity contribution < 1.29 is 19.0 Å². The van der Waals surface area contributed by atoms with Gasteiger partial charge in [0, 0.05) is 12.1 Å². The van der Waals surface area contributed by atoms with Crippen molar-refractivity contribution in [3.63, 3.8) is 0 Å². The van der Waals surface area contributed by atoms with E-state index < -0.39 is 11.6 Å². The number of benzene rings is 1. The predicted molar refractivity (Wildman–Crippen MR) is 78.4 cm³/mol. The summed E-state index contributed by atoms with van der Waals surface area (Å²) >= 11 is 0. The van der Waals surface area contributed by atoms with E-state index in [2.05, 4.69) is 0 Å². The summed E-state index contributed by atoms with van der Waals surface area (Å²) in [5.74, 6) is 0.451. The molecule has 5 heteroatoms. The standard InChI is InChI=1S/C15H23NO4/c1-6-18-10-8-11(16)13(12(9-10)19-7-2)14(17)20-15(3,4)5/h8-9H,6-7,16H2,1-5H3. The maximum Gasteiger partial charge on any atom is 0.344 e. The lowest BCUT2D eigenvalue weighted by atomic mass is 10.1. The van der Waals surface area contributed by atoms with Gasteiger partial charge in [-0.05, 0) is 34.6 Å². The Labute approximate surface area is 120 Å². The number of nitrogens with two attached hydrogens (primary N) is 1. The molecule has 0 fully saturated rings. The molecule has 0 aromatic heterocycles. The summed E-state index contributed by atoms with van der Waals surface area (Å²) in [6.45, 7) is 10.0. The Hall–Kier alpha value is -1.91. The Kier molecular flexibility index (Phi) is 5.25. The van der Waals surface area contributed by atoms with Crippen LogP contribution in [0.2, 0.25) is 0 Å². The average molecular weight is 281 g/mol. The van der Waals surface area contributed by atoms with Gasteiger partial charge in [-0.2, -0.15) is 0 Å². The minimum atomic E-state index is -0.592. The van der Waals surface area contributed by atoms with Crippen LogP contribution in [0.5, 0.6) is 11.5 Å². The van der Waals surface area contributed by atoms with E-state index in [0.29, 0.717) is 24.7 Å². The van der Waals surface area contributed by atoms with Gasteiger partial charge in [-0.25, -0.2) is 4.79 Å².